The molecule has 5 nitrogen and oxygen atoms in total. The Balaban J connectivity index is 1.28. The minimum Gasteiger partial charge on any atom is -0.331 e. The van der Waals surface area contributed by atoms with Crippen molar-refractivity contribution in [3.63, 3.8) is 0 Å². The Morgan fingerprint density at radius 2 is 1.39 bits per heavy atom. The summed E-state index contributed by atoms with van der Waals surface area (Å²) in [4.78, 5) is 42.4. The van der Waals surface area contributed by atoms with E-state index in [-0.39, 0.29) is 23.6 Å². The molecule has 226 valence electrons. The number of aryl methyl sites for hydroxylation is 1. The van der Waals surface area contributed by atoms with Crippen molar-refractivity contribution in [1.29, 1.82) is 0 Å². The van der Waals surface area contributed by atoms with Crippen LogP contribution in [-0.2, 0) is 6.42 Å². The molecule has 5 aromatic rings. The van der Waals surface area contributed by atoms with E-state index in [2.05, 4.69) is 35.7 Å². The number of nitrogens with one attached hydrogen (secondary N) is 1. The SMILES string of the molecule is Cc1ccccc1C(=O)Nc1ccc(C(=O)C2=c3ccc4c(c3CCC2)C(N(C)C(=O)c2ccccc2)C=c2ccccc2=4)cc1. The highest BCUT2D eigenvalue weighted by Gasteiger charge is 2.29. The second-order valence-corrected chi connectivity index (χ2v) is 12.0. The number of amides is 2. The molecule has 1 N–H and O–H groups in total. The van der Waals surface area contributed by atoms with Crippen molar-refractivity contribution >= 4 is 34.9 Å². The smallest absolute Gasteiger partial charge is 0.255 e. The molecule has 5 aromatic carbocycles. The summed E-state index contributed by atoms with van der Waals surface area (Å²) < 4.78 is 0. The minimum atomic E-state index is -0.279. The van der Waals surface area contributed by atoms with Gasteiger partial charge in [0.05, 0.1) is 6.04 Å². The topological polar surface area (TPSA) is 66.5 Å². The van der Waals surface area contributed by atoms with Crippen LogP contribution < -0.4 is 15.8 Å². The average molecular weight is 603 g/mol. The standard InChI is InChI=1S/C41H34N2O3/c1-26-11-6-8-15-31(26)40(45)42-30-21-19-27(20-22-30)39(44)36-18-10-17-34-33(36)23-24-35-32-16-9-7-14-29(32)25-37(38(34)35)43(2)41(46)28-12-4-3-5-13-28/h3-9,11-16,19-25,37H,10,17-18H2,1-2H3,(H,42,45). The number of hydrogen-bond acceptors (Lipinski definition) is 3. The van der Waals surface area contributed by atoms with Gasteiger partial charge in [0.1, 0.15) is 0 Å². The number of benzene rings is 5. The van der Waals surface area contributed by atoms with Crippen LogP contribution in [0.5, 0.6) is 0 Å². The molecule has 2 aliphatic rings. The minimum absolute atomic E-state index is 0.0110. The van der Waals surface area contributed by atoms with Gasteiger partial charge in [0, 0.05) is 35.0 Å². The summed E-state index contributed by atoms with van der Waals surface area (Å²) in [5.74, 6) is -0.236. The Kier molecular flexibility index (Phi) is 7.67. The first-order valence-electron chi connectivity index (χ1n) is 15.7. The molecular formula is C41H34N2O3. The van der Waals surface area contributed by atoms with E-state index in [1.807, 2.05) is 79.5 Å². The Morgan fingerprint density at radius 1 is 0.696 bits per heavy atom. The molecule has 0 radical (unpaired) electrons. The summed E-state index contributed by atoms with van der Waals surface area (Å²) in [6.07, 6.45) is 4.54. The fraction of sp³-hybridized carbons (Fsp3) is 0.146. The molecule has 0 saturated heterocycles. The summed E-state index contributed by atoms with van der Waals surface area (Å²) in [6.45, 7) is 1.91. The third kappa shape index (κ3) is 5.24. The van der Waals surface area contributed by atoms with Gasteiger partial charge in [-0.25, -0.2) is 0 Å². The number of hydrogen-bond donors (Lipinski definition) is 1. The van der Waals surface area contributed by atoms with Crippen LogP contribution in [-0.4, -0.2) is 29.5 Å². The third-order valence-corrected chi connectivity index (χ3v) is 9.25. The van der Waals surface area contributed by atoms with Gasteiger partial charge < -0.3 is 10.2 Å². The molecule has 0 bridgehead atoms. The Morgan fingerprint density at radius 3 is 2.17 bits per heavy atom. The van der Waals surface area contributed by atoms with Gasteiger partial charge in [-0.05, 0) is 112 Å². The molecule has 0 heterocycles. The van der Waals surface area contributed by atoms with Gasteiger partial charge in [0.15, 0.2) is 5.78 Å². The summed E-state index contributed by atoms with van der Waals surface area (Å²) in [7, 11) is 1.87. The van der Waals surface area contributed by atoms with E-state index in [0.717, 1.165) is 56.0 Å². The zero-order chi connectivity index (χ0) is 31.8. The maximum atomic E-state index is 14.0. The number of fused-ring (bicyclic) bond motifs is 4. The monoisotopic (exact) mass is 602 g/mol. The van der Waals surface area contributed by atoms with E-state index in [4.69, 9.17) is 0 Å². The van der Waals surface area contributed by atoms with Crippen molar-refractivity contribution in [2.24, 2.45) is 0 Å². The predicted octanol–water partition coefficient (Wildman–Crippen LogP) is 6.51. The largest absolute Gasteiger partial charge is 0.331 e. The van der Waals surface area contributed by atoms with Gasteiger partial charge in [-0.3, -0.25) is 14.4 Å². The van der Waals surface area contributed by atoms with Crippen LogP contribution in [0.4, 0.5) is 5.69 Å². The summed E-state index contributed by atoms with van der Waals surface area (Å²) in [5.41, 5.74) is 6.41. The fourth-order valence-corrected chi connectivity index (χ4v) is 6.86. The van der Waals surface area contributed by atoms with Crippen molar-refractivity contribution in [1.82, 2.24) is 4.90 Å². The Labute approximate surface area is 267 Å². The van der Waals surface area contributed by atoms with E-state index in [9.17, 15) is 14.4 Å². The average Bonchev–Trinajstić information content (AvgIpc) is 3.10. The molecule has 1 unspecified atom stereocenters. The second-order valence-electron chi connectivity index (χ2n) is 12.0. The van der Waals surface area contributed by atoms with Crippen LogP contribution in [0.25, 0.3) is 11.6 Å². The van der Waals surface area contributed by atoms with E-state index in [1.165, 1.54) is 0 Å². The van der Waals surface area contributed by atoms with Gasteiger partial charge in [-0.1, -0.05) is 72.8 Å². The highest BCUT2D eigenvalue weighted by atomic mass is 16.2. The number of nitrogens with zero attached hydrogens (tertiary/aromatic N) is 1. The summed E-state index contributed by atoms with van der Waals surface area (Å²) in [6, 6.07) is 36.2. The number of carbonyl (C=O) groups excluding carboxylic acids is 3. The number of ketones is 1. The third-order valence-electron chi connectivity index (χ3n) is 9.25. The molecule has 2 aliphatic carbocycles. The molecule has 2 amide bonds. The molecule has 7 rings (SSSR count). The maximum absolute atomic E-state index is 14.0. The Bertz CT molecular complexity index is 2240. The van der Waals surface area contributed by atoms with Crippen LogP contribution >= 0.6 is 0 Å². The summed E-state index contributed by atoms with van der Waals surface area (Å²) >= 11 is 0. The molecule has 0 saturated carbocycles. The quantitative estimate of drug-likeness (QED) is 0.225. The molecule has 46 heavy (non-hydrogen) atoms. The van der Waals surface area contributed by atoms with E-state index < -0.39 is 0 Å². The number of anilines is 1. The van der Waals surface area contributed by atoms with Crippen LogP contribution in [0.1, 0.15) is 66.6 Å². The van der Waals surface area contributed by atoms with Crippen molar-refractivity contribution in [2.45, 2.75) is 32.2 Å². The van der Waals surface area contributed by atoms with Crippen LogP contribution in [0.2, 0.25) is 0 Å². The first-order chi connectivity index (χ1) is 22.4. The van der Waals surface area contributed by atoms with Crippen LogP contribution in [0.3, 0.4) is 0 Å². The van der Waals surface area contributed by atoms with Crippen molar-refractivity contribution in [3.05, 3.63) is 170 Å². The lowest BCUT2D eigenvalue weighted by molar-refractivity contribution is 0.0766. The molecule has 5 heteroatoms. The van der Waals surface area contributed by atoms with Gasteiger partial charge in [-0.15, -0.1) is 0 Å². The van der Waals surface area contributed by atoms with Crippen LogP contribution in [0, 0.1) is 17.4 Å². The normalized spacial score (nSPS) is 14.7. The molecule has 0 fully saturated rings. The van der Waals surface area contributed by atoms with Gasteiger partial charge in [0.25, 0.3) is 11.8 Å². The predicted molar refractivity (Wildman–Crippen MR) is 182 cm³/mol. The van der Waals surface area contributed by atoms with E-state index in [1.54, 1.807) is 30.3 Å². The molecule has 0 aliphatic heterocycles. The van der Waals surface area contributed by atoms with Crippen molar-refractivity contribution in [2.75, 3.05) is 12.4 Å². The zero-order valence-electron chi connectivity index (χ0n) is 25.9. The van der Waals surface area contributed by atoms with Crippen molar-refractivity contribution < 1.29 is 14.4 Å². The highest BCUT2D eigenvalue weighted by Crippen LogP contribution is 2.32. The van der Waals surface area contributed by atoms with Gasteiger partial charge in [0.2, 0.25) is 0 Å². The van der Waals surface area contributed by atoms with E-state index >= 15 is 0 Å². The first kappa shape index (κ1) is 29.2. The van der Waals surface area contributed by atoms with Crippen molar-refractivity contribution in [3.8, 4) is 0 Å². The number of carbonyl (C=O) groups is 3. The van der Waals surface area contributed by atoms with Gasteiger partial charge in [-0.2, -0.15) is 0 Å². The lowest BCUT2D eigenvalue weighted by atomic mass is 9.82. The Hall–Kier alpha value is -5.55. The fourth-order valence-electron chi connectivity index (χ4n) is 6.86. The molecule has 0 spiro atoms. The highest BCUT2D eigenvalue weighted by molar-refractivity contribution is 6.24. The number of rotatable bonds is 6. The first-order valence-corrected chi connectivity index (χ1v) is 15.7. The lowest BCUT2D eigenvalue weighted by Crippen LogP contribution is -2.35. The summed E-state index contributed by atoms with van der Waals surface area (Å²) in [5, 5.41) is 7.25. The zero-order valence-corrected chi connectivity index (χ0v) is 25.9. The van der Waals surface area contributed by atoms with Crippen LogP contribution in [0.15, 0.2) is 115 Å². The second kappa shape index (κ2) is 12.1. The van der Waals surface area contributed by atoms with E-state index in [0.29, 0.717) is 28.8 Å². The maximum Gasteiger partial charge on any atom is 0.255 e. The molecule has 1 atom stereocenters. The van der Waals surface area contributed by atoms with Gasteiger partial charge >= 0.3 is 0 Å². The molecular weight excluding hydrogens is 568 g/mol. The molecule has 0 aromatic heterocycles. The number of Topliss-reactive ketones (excluding diaryl/α,β-unsaturated/α-hetero) is 1. The lowest BCUT2D eigenvalue weighted by Gasteiger charge is -2.31.